The molecule has 2 rings (SSSR count). The molecule has 1 aliphatic heterocycles. The van der Waals surface area contributed by atoms with Gasteiger partial charge in [0, 0.05) is 24.8 Å². The van der Waals surface area contributed by atoms with Crippen LogP contribution in [0.3, 0.4) is 0 Å². The summed E-state index contributed by atoms with van der Waals surface area (Å²) in [5.74, 6) is 0. The van der Waals surface area contributed by atoms with Crippen LogP contribution in [0.5, 0.6) is 0 Å². The average Bonchev–Trinajstić information content (AvgIpc) is 2.47. The van der Waals surface area contributed by atoms with Crippen molar-refractivity contribution in [1.82, 2.24) is 5.32 Å². The predicted molar refractivity (Wildman–Crippen MR) is 70.2 cm³/mol. The molecule has 1 atom stereocenters. The molecular weight excluding hydrogens is 196 g/mol. The molecule has 2 nitrogen and oxygen atoms in total. The zero-order valence-electron chi connectivity index (χ0n) is 10.6. The molecule has 1 heterocycles. The van der Waals surface area contributed by atoms with Crippen LogP contribution < -0.4 is 10.2 Å². The minimum atomic E-state index is 0.586. The van der Waals surface area contributed by atoms with Crippen LogP contribution in [0.2, 0.25) is 0 Å². The Bertz CT molecular complexity index is 360. The normalized spacial score (nSPS) is 21.9. The fourth-order valence-corrected chi connectivity index (χ4v) is 2.42. The zero-order valence-corrected chi connectivity index (χ0v) is 10.6. The van der Waals surface area contributed by atoms with Crippen molar-refractivity contribution < 1.29 is 0 Å². The van der Waals surface area contributed by atoms with Gasteiger partial charge in [0.25, 0.3) is 0 Å². The van der Waals surface area contributed by atoms with Crippen molar-refractivity contribution in [3.63, 3.8) is 0 Å². The van der Waals surface area contributed by atoms with Crippen LogP contribution in [0.25, 0.3) is 0 Å². The molecule has 0 spiro atoms. The molecule has 0 bridgehead atoms. The van der Waals surface area contributed by atoms with Crippen LogP contribution in [0.1, 0.15) is 24.5 Å². The van der Waals surface area contributed by atoms with E-state index < -0.39 is 0 Å². The summed E-state index contributed by atoms with van der Waals surface area (Å²) in [5, 5.41) is 3.49. The lowest BCUT2D eigenvalue weighted by Crippen LogP contribution is -2.37. The number of benzene rings is 1. The third-order valence-electron chi connectivity index (χ3n) is 3.61. The molecule has 1 fully saturated rings. The van der Waals surface area contributed by atoms with Gasteiger partial charge in [0.05, 0.1) is 0 Å². The van der Waals surface area contributed by atoms with E-state index in [1.54, 1.807) is 0 Å². The zero-order chi connectivity index (χ0) is 11.5. The van der Waals surface area contributed by atoms with Gasteiger partial charge in [0.1, 0.15) is 0 Å². The summed E-state index contributed by atoms with van der Waals surface area (Å²) in [7, 11) is 0. The number of aryl methyl sites for hydroxylation is 1. The lowest BCUT2D eigenvalue weighted by atomic mass is 10.1. The van der Waals surface area contributed by atoms with Gasteiger partial charge in [-0.3, -0.25) is 0 Å². The number of hydrogen-bond acceptors (Lipinski definition) is 2. The summed E-state index contributed by atoms with van der Waals surface area (Å²) in [5.41, 5.74) is 4.23. The molecule has 2 heteroatoms. The number of nitrogens with zero attached hydrogens (tertiary/aromatic N) is 1. The van der Waals surface area contributed by atoms with Crippen LogP contribution in [0, 0.1) is 13.8 Å². The molecule has 0 amide bonds. The van der Waals surface area contributed by atoms with E-state index in [0.29, 0.717) is 6.04 Å². The third-order valence-corrected chi connectivity index (χ3v) is 3.61. The highest BCUT2D eigenvalue weighted by Gasteiger charge is 2.18. The molecule has 1 unspecified atom stereocenters. The molecule has 1 aromatic rings. The van der Waals surface area contributed by atoms with Crippen LogP contribution in [-0.4, -0.2) is 25.7 Å². The molecule has 1 aromatic carbocycles. The highest BCUT2D eigenvalue weighted by molar-refractivity contribution is 5.56. The second-order valence-corrected chi connectivity index (χ2v) is 4.82. The number of rotatable bonds is 1. The highest BCUT2D eigenvalue weighted by Crippen LogP contribution is 2.25. The van der Waals surface area contributed by atoms with Crippen molar-refractivity contribution in [3.05, 3.63) is 29.3 Å². The third kappa shape index (κ3) is 2.22. The van der Waals surface area contributed by atoms with Crippen molar-refractivity contribution >= 4 is 5.69 Å². The van der Waals surface area contributed by atoms with Crippen LogP contribution in [0.4, 0.5) is 5.69 Å². The highest BCUT2D eigenvalue weighted by atomic mass is 15.2. The first kappa shape index (κ1) is 11.5. The minimum absolute atomic E-state index is 0.586. The topological polar surface area (TPSA) is 15.3 Å². The van der Waals surface area contributed by atoms with Gasteiger partial charge in [-0.05, 0) is 50.9 Å². The Morgan fingerprint density at radius 2 is 2.12 bits per heavy atom. The van der Waals surface area contributed by atoms with E-state index >= 15 is 0 Å². The average molecular weight is 218 g/mol. The summed E-state index contributed by atoms with van der Waals surface area (Å²) >= 11 is 0. The summed E-state index contributed by atoms with van der Waals surface area (Å²) in [4.78, 5) is 2.54. The van der Waals surface area contributed by atoms with Gasteiger partial charge in [-0.15, -0.1) is 0 Å². The van der Waals surface area contributed by atoms with Gasteiger partial charge in [-0.2, -0.15) is 0 Å². The first-order valence-electron chi connectivity index (χ1n) is 6.23. The molecule has 88 valence electrons. The summed E-state index contributed by atoms with van der Waals surface area (Å²) in [6.07, 6.45) is 1.23. The van der Waals surface area contributed by atoms with Gasteiger partial charge in [0.2, 0.25) is 0 Å². The Morgan fingerprint density at radius 3 is 2.94 bits per heavy atom. The Morgan fingerprint density at radius 1 is 1.31 bits per heavy atom. The standard InChI is InChI=1S/C14H22N2/c1-11-6-4-7-14(13(11)3)16-9-5-8-15-10-12(16)2/h4,6-7,12,15H,5,8-10H2,1-3H3. The molecule has 1 N–H and O–H groups in total. The van der Waals surface area contributed by atoms with Gasteiger partial charge in [-0.1, -0.05) is 12.1 Å². The molecule has 0 radical (unpaired) electrons. The number of nitrogens with one attached hydrogen (secondary N) is 1. The summed E-state index contributed by atoms with van der Waals surface area (Å²) < 4.78 is 0. The Labute approximate surface area is 98.7 Å². The van der Waals surface area contributed by atoms with E-state index in [9.17, 15) is 0 Å². The fraction of sp³-hybridized carbons (Fsp3) is 0.571. The monoisotopic (exact) mass is 218 g/mol. The Hall–Kier alpha value is -1.02. The molecule has 16 heavy (non-hydrogen) atoms. The SMILES string of the molecule is Cc1cccc(N2CCCNCC2C)c1C. The first-order valence-corrected chi connectivity index (χ1v) is 6.23. The van der Waals surface area contributed by atoms with E-state index in [2.05, 4.69) is 49.2 Å². The van der Waals surface area contributed by atoms with Gasteiger partial charge in [-0.25, -0.2) is 0 Å². The predicted octanol–water partition coefficient (Wildman–Crippen LogP) is 2.49. The quantitative estimate of drug-likeness (QED) is 0.779. The first-order chi connectivity index (χ1) is 7.70. The maximum atomic E-state index is 3.49. The van der Waals surface area contributed by atoms with Crippen molar-refractivity contribution in [2.24, 2.45) is 0 Å². The largest absolute Gasteiger partial charge is 0.367 e. The fourth-order valence-electron chi connectivity index (χ4n) is 2.42. The molecule has 0 saturated carbocycles. The molecule has 1 aliphatic rings. The van der Waals surface area contributed by atoms with Crippen molar-refractivity contribution in [3.8, 4) is 0 Å². The number of hydrogen-bond donors (Lipinski definition) is 1. The lowest BCUT2D eigenvalue weighted by Gasteiger charge is -2.31. The smallest absolute Gasteiger partial charge is 0.0401 e. The minimum Gasteiger partial charge on any atom is -0.367 e. The maximum absolute atomic E-state index is 3.49. The van der Waals surface area contributed by atoms with E-state index in [1.165, 1.54) is 29.8 Å². The van der Waals surface area contributed by atoms with Gasteiger partial charge in [0.15, 0.2) is 0 Å². The Kier molecular flexibility index (Phi) is 3.49. The van der Waals surface area contributed by atoms with Crippen molar-refractivity contribution in [1.29, 1.82) is 0 Å². The molecule has 0 aromatic heterocycles. The van der Waals surface area contributed by atoms with E-state index in [0.717, 1.165) is 13.1 Å². The molecule has 1 saturated heterocycles. The van der Waals surface area contributed by atoms with E-state index in [1.807, 2.05) is 0 Å². The van der Waals surface area contributed by atoms with E-state index in [-0.39, 0.29) is 0 Å². The Balaban J connectivity index is 2.30. The second-order valence-electron chi connectivity index (χ2n) is 4.82. The van der Waals surface area contributed by atoms with Crippen molar-refractivity contribution in [2.45, 2.75) is 33.2 Å². The maximum Gasteiger partial charge on any atom is 0.0401 e. The van der Waals surface area contributed by atoms with Crippen molar-refractivity contribution in [2.75, 3.05) is 24.5 Å². The van der Waals surface area contributed by atoms with Crippen LogP contribution in [-0.2, 0) is 0 Å². The molecule has 0 aliphatic carbocycles. The van der Waals surface area contributed by atoms with Crippen LogP contribution >= 0.6 is 0 Å². The van der Waals surface area contributed by atoms with E-state index in [4.69, 9.17) is 0 Å². The lowest BCUT2D eigenvalue weighted by molar-refractivity contribution is 0.629. The second kappa shape index (κ2) is 4.88. The van der Waals surface area contributed by atoms with Gasteiger partial charge < -0.3 is 10.2 Å². The molecular formula is C14H22N2. The van der Waals surface area contributed by atoms with Crippen LogP contribution in [0.15, 0.2) is 18.2 Å². The summed E-state index contributed by atoms with van der Waals surface area (Å²) in [6.45, 7) is 10.1. The number of anilines is 1. The summed E-state index contributed by atoms with van der Waals surface area (Å²) in [6, 6.07) is 7.20. The van der Waals surface area contributed by atoms with Gasteiger partial charge >= 0.3 is 0 Å².